The summed E-state index contributed by atoms with van der Waals surface area (Å²) < 4.78 is 0. The summed E-state index contributed by atoms with van der Waals surface area (Å²) >= 11 is 5.98. The van der Waals surface area contributed by atoms with Crippen molar-refractivity contribution >= 4 is 11.6 Å². The Morgan fingerprint density at radius 3 is 2.62 bits per heavy atom. The molecule has 1 fully saturated rings. The lowest BCUT2D eigenvalue weighted by molar-refractivity contribution is 0.134. The van der Waals surface area contributed by atoms with Crippen molar-refractivity contribution in [1.29, 1.82) is 0 Å². The van der Waals surface area contributed by atoms with Crippen molar-refractivity contribution in [2.24, 2.45) is 5.92 Å². The van der Waals surface area contributed by atoms with Crippen molar-refractivity contribution < 1.29 is 5.11 Å². The van der Waals surface area contributed by atoms with Crippen LogP contribution in [0.1, 0.15) is 24.5 Å². The SMILES string of the molecule is Cc1ccc(C2(O)CC2C)cc1Cl. The third kappa shape index (κ3) is 1.36. The van der Waals surface area contributed by atoms with Gasteiger partial charge in [-0.1, -0.05) is 30.7 Å². The Labute approximate surface area is 83.3 Å². The van der Waals surface area contributed by atoms with Gasteiger partial charge in [0.1, 0.15) is 0 Å². The zero-order valence-corrected chi connectivity index (χ0v) is 8.60. The van der Waals surface area contributed by atoms with Crippen molar-refractivity contribution in [2.75, 3.05) is 0 Å². The molecule has 0 heterocycles. The molecule has 1 nitrogen and oxygen atoms in total. The molecule has 70 valence electrons. The van der Waals surface area contributed by atoms with E-state index in [1.54, 1.807) is 0 Å². The average molecular weight is 197 g/mol. The van der Waals surface area contributed by atoms with Gasteiger partial charge in [0, 0.05) is 5.02 Å². The first-order chi connectivity index (χ1) is 6.04. The Kier molecular flexibility index (Phi) is 1.90. The first-order valence-corrected chi connectivity index (χ1v) is 4.91. The highest BCUT2D eigenvalue weighted by Gasteiger charge is 2.50. The van der Waals surface area contributed by atoms with E-state index in [2.05, 4.69) is 0 Å². The molecule has 1 aromatic carbocycles. The molecule has 2 atom stereocenters. The summed E-state index contributed by atoms with van der Waals surface area (Å²) in [4.78, 5) is 0. The summed E-state index contributed by atoms with van der Waals surface area (Å²) in [6.07, 6.45) is 0.854. The Morgan fingerprint density at radius 1 is 1.54 bits per heavy atom. The number of benzene rings is 1. The maximum atomic E-state index is 10.0. The second-order valence-corrected chi connectivity index (χ2v) is 4.40. The molecule has 0 spiro atoms. The van der Waals surface area contributed by atoms with E-state index in [0.717, 1.165) is 22.6 Å². The molecule has 0 saturated heterocycles. The van der Waals surface area contributed by atoms with Crippen LogP contribution in [0.25, 0.3) is 0 Å². The summed E-state index contributed by atoms with van der Waals surface area (Å²) in [5, 5.41) is 10.8. The molecule has 0 aromatic heterocycles. The average Bonchev–Trinajstić information content (AvgIpc) is 2.67. The molecule has 0 radical (unpaired) electrons. The van der Waals surface area contributed by atoms with Crippen molar-refractivity contribution in [3.05, 3.63) is 34.3 Å². The van der Waals surface area contributed by atoms with E-state index >= 15 is 0 Å². The van der Waals surface area contributed by atoms with Crippen LogP contribution in [0, 0.1) is 12.8 Å². The largest absolute Gasteiger partial charge is 0.385 e. The quantitative estimate of drug-likeness (QED) is 0.733. The van der Waals surface area contributed by atoms with Crippen LogP contribution in [0.3, 0.4) is 0 Å². The molecule has 13 heavy (non-hydrogen) atoms. The molecule has 2 unspecified atom stereocenters. The van der Waals surface area contributed by atoms with Gasteiger partial charge in [0.25, 0.3) is 0 Å². The highest BCUT2D eigenvalue weighted by Crippen LogP contribution is 2.51. The van der Waals surface area contributed by atoms with Gasteiger partial charge in [-0.15, -0.1) is 0 Å². The second kappa shape index (κ2) is 2.73. The van der Waals surface area contributed by atoms with Crippen LogP contribution in [-0.4, -0.2) is 5.11 Å². The molecular formula is C11H13ClO. The topological polar surface area (TPSA) is 20.2 Å². The fraction of sp³-hybridized carbons (Fsp3) is 0.455. The number of aryl methyl sites for hydroxylation is 1. The highest BCUT2D eigenvalue weighted by molar-refractivity contribution is 6.31. The van der Waals surface area contributed by atoms with E-state index in [4.69, 9.17) is 11.6 Å². The number of aliphatic hydroxyl groups is 1. The van der Waals surface area contributed by atoms with Crippen molar-refractivity contribution in [2.45, 2.75) is 25.9 Å². The lowest BCUT2D eigenvalue weighted by atomic mass is 10.0. The first-order valence-electron chi connectivity index (χ1n) is 4.53. The first kappa shape index (κ1) is 9.04. The molecule has 2 heteroatoms. The maximum absolute atomic E-state index is 10.0. The van der Waals surface area contributed by atoms with Gasteiger partial charge in [0.15, 0.2) is 0 Å². The third-order valence-electron chi connectivity index (χ3n) is 2.94. The van der Waals surface area contributed by atoms with E-state index in [9.17, 15) is 5.11 Å². The predicted molar refractivity (Wildman–Crippen MR) is 53.9 cm³/mol. The molecule has 0 bridgehead atoms. The molecule has 0 amide bonds. The molecule has 1 aliphatic carbocycles. The van der Waals surface area contributed by atoms with Gasteiger partial charge < -0.3 is 5.11 Å². The van der Waals surface area contributed by atoms with Gasteiger partial charge in [-0.3, -0.25) is 0 Å². The van der Waals surface area contributed by atoms with Gasteiger partial charge >= 0.3 is 0 Å². The minimum atomic E-state index is -0.600. The number of hydrogen-bond donors (Lipinski definition) is 1. The third-order valence-corrected chi connectivity index (χ3v) is 3.35. The summed E-state index contributed by atoms with van der Waals surface area (Å²) in [6, 6.07) is 5.80. The van der Waals surface area contributed by atoms with E-state index < -0.39 is 5.60 Å². The van der Waals surface area contributed by atoms with Gasteiger partial charge in [0.05, 0.1) is 5.60 Å². The fourth-order valence-electron chi connectivity index (χ4n) is 1.67. The van der Waals surface area contributed by atoms with Crippen LogP contribution < -0.4 is 0 Å². The molecule has 1 N–H and O–H groups in total. The molecular weight excluding hydrogens is 184 g/mol. The number of rotatable bonds is 1. The summed E-state index contributed by atoms with van der Waals surface area (Å²) in [5.41, 5.74) is 1.41. The number of hydrogen-bond acceptors (Lipinski definition) is 1. The molecule has 2 rings (SSSR count). The van der Waals surface area contributed by atoms with Gasteiger partial charge in [-0.25, -0.2) is 0 Å². The predicted octanol–water partition coefficient (Wildman–Crippen LogP) is 2.88. The van der Waals surface area contributed by atoms with Crippen LogP contribution in [-0.2, 0) is 5.60 Å². The zero-order valence-electron chi connectivity index (χ0n) is 7.84. The van der Waals surface area contributed by atoms with Crippen LogP contribution in [0.2, 0.25) is 5.02 Å². The Hall–Kier alpha value is -0.530. The van der Waals surface area contributed by atoms with Gasteiger partial charge in [-0.05, 0) is 36.5 Å². The van der Waals surface area contributed by atoms with Crippen molar-refractivity contribution in [1.82, 2.24) is 0 Å². The van der Waals surface area contributed by atoms with E-state index in [1.165, 1.54) is 0 Å². The Morgan fingerprint density at radius 2 is 2.15 bits per heavy atom. The monoisotopic (exact) mass is 196 g/mol. The normalized spacial score (nSPS) is 31.8. The van der Waals surface area contributed by atoms with E-state index in [1.807, 2.05) is 32.0 Å². The van der Waals surface area contributed by atoms with Gasteiger partial charge in [0.2, 0.25) is 0 Å². The molecule has 1 saturated carbocycles. The van der Waals surface area contributed by atoms with E-state index in [0.29, 0.717) is 5.92 Å². The zero-order chi connectivity index (χ0) is 9.64. The number of halogens is 1. The standard InChI is InChI=1S/C11H13ClO/c1-7-3-4-9(5-10(7)12)11(13)6-8(11)2/h3-5,8,13H,6H2,1-2H3. The summed E-state index contributed by atoms with van der Waals surface area (Å²) in [5.74, 6) is 0.367. The Balaban J connectivity index is 2.38. The maximum Gasteiger partial charge on any atom is 0.0927 e. The highest BCUT2D eigenvalue weighted by atomic mass is 35.5. The van der Waals surface area contributed by atoms with Crippen molar-refractivity contribution in [3.8, 4) is 0 Å². The Bertz CT molecular complexity index is 348. The van der Waals surface area contributed by atoms with Crippen LogP contribution >= 0.6 is 11.6 Å². The van der Waals surface area contributed by atoms with Gasteiger partial charge in [-0.2, -0.15) is 0 Å². The lowest BCUT2D eigenvalue weighted by Crippen LogP contribution is -2.07. The summed E-state index contributed by atoms with van der Waals surface area (Å²) in [7, 11) is 0. The molecule has 1 aromatic rings. The van der Waals surface area contributed by atoms with Crippen LogP contribution in [0.15, 0.2) is 18.2 Å². The minimum Gasteiger partial charge on any atom is -0.385 e. The molecule has 0 aliphatic heterocycles. The van der Waals surface area contributed by atoms with Crippen molar-refractivity contribution in [3.63, 3.8) is 0 Å². The minimum absolute atomic E-state index is 0.367. The second-order valence-electron chi connectivity index (χ2n) is 3.99. The lowest BCUT2D eigenvalue weighted by Gasteiger charge is -2.10. The molecule has 1 aliphatic rings. The fourth-order valence-corrected chi connectivity index (χ4v) is 1.85. The smallest absolute Gasteiger partial charge is 0.0927 e. The van der Waals surface area contributed by atoms with E-state index in [-0.39, 0.29) is 0 Å². The van der Waals surface area contributed by atoms with Crippen LogP contribution in [0.4, 0.5) is 0 Å². The van der Waals surface area contributed by atoms with Crippen LogP contribution in [0.5, 0.6) is 0 Å². The summed E-state index contributed by atoms with van der Waals surface area (Å²) in [6.45, 7) is 4.01.